The maximum atomic E-state index is 11.9. The van der Waals surface area contributed by atoms with Crippen LogP contribution in [-0.4, -0.2) is 39.4 Å². The fraction of sp³-hybridized carbons (Fsp3) is 0.462. The van der Waals surface area contributed by atoms with Crippen LogP contribution in [-0.2, 0) is 9.47 Å². The van der Waals surface area contributed by atoms with Crippen molar-refractivity contribution in [1.29, 1.82) is 0 Å². The lowest BCUT2D eigenvalue weighted by molar-refractivity contribution is 0.0688. The fourth-order valence-electron chi connectivity index (χ4n) is 1.49. The monoisotopic (exact) mass is 286 g/mol. The summed E-state index contributed by atoms with van der Waals surface area (Å²) in [7, 11) is 1.62. The van der Waals surface area contributed by atoms with Crippen LogP contribution < -0.4 is 11.1 Å². The van der Waals surface area contributed by atoms with Crippen LogP contribution in [0, 0.1) is 0 Å². The van der Waals surface area contributed by atoms with Crippen LogP contribution in [0.3, 0.4) is 0 Å². The molecule has 0 heterocycles. The maximum absolute atomic E-state index is 11.9. The lowest BCUT2D eigenvalue weighted by Crippen LogP contribution is -2.26. The fourth-order valence-corrected chi connectivity index (χ4v) is 1.76. The molecule has 1 rings (SSSR count). The Bertz CT molecular complexity index is 393. The predicted molar refractivity (Wildman–Crippen MR) is 75.5 cm³/mol. The van der Waals surface area contributed by atoms with E-state index >= 15 is 0 Å². The summed E-state index contributed by atoms with van der Waals surface area (Å²) in [6, 6.07) is 4.99. The molecule has 1 aromatic rings. The van der Waals surface area contributed by atoms with Crippen LogP contribution in [0.25, 0.3) is 0 Å². The highest BCUT2D eigenvalue weighted by atomic mass is 35.5. The molecule has 0 spiro atoms. The van der Waals surface area contributed by atoms with Gasteiger partial charge in [-0.25, -0.2) is 0 Å². The molecule has 1 aromatic carbocycles. The average molecular weight is 287 g/mol. The Morgan fingerprint density at radius 2 is 2.16 bits per heavy atom. The van der Waals surface area contributed by atoms with Crippen molar-refractivity contribution < 1.29 is 14.3 Å². The second-order valence-electron chi connectivity index (χ2n) is 3.92. The van der Waals surface area contributed by atoms with E-state index in [0.717, 1.165) is 6.42 Å². The second kappa shape index (κ2) is 8.74. The SMILES string of the molecule is COCCOCCCNC(=O)c1c(N)cccc1Cl. The number of carbonyl (C=O) groups excluding carboxylic acids is 1. The number of ether oxygens (including phenoxy) is 2. The molecule has 0 bridgehead atoms. The summed E-state index contributed by atoms with van der Waals surface area (Å²) in [5.41, 5.74) is 6.42. The number of benzene rings is 1. The number of halogens is 1. The molecule has 0 aromatic heterocycles. The summed E-state index contributed by atoms with van der Waals surface area (Å²) < 4.78 is 10.1. The zero-order valence-electron chi connectivity index (χ0n) is 10.9. The average Bonchev–Trinajstić information content (AvgIpc) is 2.37. The number of amides is 1. The molecule has 0 aliphatic carbocycles. The minimum atomic E-state index is -0.264. The molecule has 0 fully saturated rings. The first-order valence-electron chi connectivity index (χ1n) is 6.05. The molecular formula is C13H19ClN2O3. The van der Waals surface area contributed by atoms with Crippen LogP contribution in [0.15, 0.2) is 18.2 Å². The quantitative estimate of drug-likeness (QED) is 0.563. The van der Waals surface area contributed by atoms with Gasteiger partial charge in [-0.1, -0.05) is 17.7 Å². The van der Waals surface area contributed by atoms with Gasteiger partial charge in [0.1, 0.15) is 0 Å². The first-order valence-corrected chi connectivity index (χ1v) is 6.43. The first kappa shape index (κ1) is 15.8. The Morgan fingerprint density at radius 1 is 1.37 bits per heavy atom. The van der Waals surface area contributed by atoms with Crippen molar-refractivity contribution in [2.24, 2.45) is 0 Å². The van der Waals surface area contributed by atoms with Gasteiger partial charge < -0.3 is 20.5 Å². The van der Waals surface area contributed by atoms with E-state index in [0.29, 0.717) is 42.6 Å². The topological polar surface area (TPSA) is 73.6 Å². The molecule has 0 saturated heterocycles. The third kappa shape index (κ3) is 5.46. The molecule has 106 valence electrons. The second-order valence-corrected chi connectivity index (χ2v) is 4.33. The largest absolute Gasteiger partial charge is 0.398 e. The standard InChI is InChI=1S/C13H19ClN2O3/c1-18-8-9-19-7-3-6-16-13(17)12-10(14)4-2-5-11(12)15/h2,4-5H,3,6-9,15H2,1H3,(H,16,17). The molecule has 19 heavy (non-hydrogen) atoms. The van der Waals surface area contributed by atoms with Gasteiger partial charge in [0.05, 0.1) is 23.8 Å². The molecule has 6 heteroatoms. The molecule has 0 radical (unpaired) electrons. The predicted octanol–water partition coefficient (Wildman–Crippen LogP) is 1.71. The van der Waals surface area contributed by atoms with E-state index in [1.807, 2.05) is 0 Å². The normalized spacial score (nSPS) is 10.4. The molecule has 3 N–H and O–H groups in total. The van der Waals surface area contributed by atoms with Crippen LogP contribution in [0.2, 0.25) is 5.02 Å². The zero-order chi connectivity index (χ0) is 14.1. The van der Waals surface area contributed by atoms with Crippen molar-refractivity contribution in [2.45, 2.75) is 6.42 Å². The van der Waals surface area contributed by atoms with Gasteiger partial charge in [0.2, 0.25) is 0 Å². The van der Waals surface area contributed by atoms with E-state index in [9.17, 15) is 4.79 Å². The van der Waals surface area contributed by atoms with Crippen LogP contribution in [0.1, 0.15) is 16.8 Å². The molecule has 0 saturated carbocycles. The van der Waals surface area contributed by atoms with Gasteiger partial charge in [0, 0.05) is 25.9 Å². The molecule has 0 unspecified atom stereocenters. The summed E-state index contributed by atoms with van der Waals surface area (Å²) in [4.78, 5) is 11.9. The van der Waals surface area contributed by atoms with Gasteiger partial charge >= 0.3 is 0 Å². The third-order valence-electron chi connectivity index (χ3n) is 2.46. The number of nitrogens with two attached hydrogens (primary N) is 1. The van der Waals surface area contributed by atoms with Gasteiger partial charge in [0.15, 0.2) is 0 Å². The van der Waals surface area contributed by atoms with E-state index in [-0.39, 0.29) is 5.91 Å². The molecule has 0 aliphatic rings. The zero-order valence-corrected chi connectivity index (χ0v) is 11.7. The van der Waals surface area contributed by atoms with E-state index in [4.69, 9.17) is 26.8 Å². The van der Waals surface area contributed by atoms with Crippen molar-refractivity contribution in [3.05, 3.63) is 28.8 Å². The first-order chi connectivity index (χ1) is 9.16. The highest BCUT2D eigenvalue weighted by molar-refractivity contribution is 6.34. The Balaban J connectivity index is 2.28. The van der Waals surface area contributed by atoms with Crippen molar-refractivity contribution in [3.63, 3.8) is 0 Å². The van der Waals surface area contributed by atoms with Crippen molar-refractivity contribution in [2.75, 3.05) is 39.2 Å². The third-order valence-corrected chi connectivity index (χ3v) is 2.77. The number of hydrogen-bond acceptors (Lipinski definition) is 4. The van der Waals surface area contributed by atoms with Crippen LogP contribution >= 0.6 is 11.6 Å². The number of hydrogen-bond donors (Lipinski definition) is 2. The number of methoxy groups -OCH3 is 1. The van der Waals surface area contributed by atoms with Gasteiger partial charge in [-0.05, 0) is 18.6 Å². The minimum Gasteiger partial charge on any atom is -0.398 e. The summed E-state index contributed by atoms with van der Waals surface area (Å²) in [6.45, 7) is 2.21. The summed E-state index contributed by atoms with van der Waals surface area (Å²) >= 11 is 5.94. The van der Waals surface area contributed by atoms with Gasteiger partial charge in [-0.3, -0.25) is 4.79 Å². The number of carbonyl (C=O) groups is 1. The maximum Gasteiger partial charge on any atom is 0.254 e. The summed E-state index contributed by atoms with van der Waals surface area (Å²) in [5.74, 6) is -0.264. The van der Waals surface area contributed by atoms with Crippen LogP contribution in [0.5, 0.6) is 0 Å². The highest BCUT2D eigenvalue weighted by Gasteiger charge is 2.12. The van der Waals surface area contributed by atoms with Gasteiger partial charge in [-0.15, -0.1) is 0 Å². The summed E-state index contributed by atoms with van der Waals surface area (Å²) in [6.07, 6.45) is 0.722. The van der Waals surface area contributed by atoms with Crippen molar-refractivity contribution in [1.82, 2.24) is 5.32 Å². The summed E-state index contributed by atoms with van der Waals surface area (Å²) in [5, 5.41) is 3.11. The molecule has 0 atom stereocenters. The molecule has 0 aliphatic heterocycles. The highest BCUT2D eigenvalue weighted by Crippen LogP contribution is 2.21. The number of rotatable bonds is 8. The Morgan fingerprint density at radius 3 is 2.84 bits per heavy atom. The molecule has 1 amide bonds. The van der Waals surface area contributed by atoms with E-state index < -0.39 is 0 Å². The van der Waals surface area contributed by atoms with Crippen molar-refractivity contribution >= 4 is 23.2 Å². The van der Waals surface area contributed by atoms with E-state index in [1.165, 1.54) is 0 Å². The smallest absolute Gasteiger partial charge is 0.254 e. The lowest BCUT2D eigenvalue weighted by Gasteiger charge is -2.09. The Kier molecular flexibility index (Phi) is 7.25. The number of nitrogen functional groups attached to an aromatic ring is 1. The van der Waals surface area contributed by atoms with E-state index in [1.54, 1.807) is 25.3 Å². The Hall–Kier alpha value is -1.30. The molecule has 5 nitrogen and oxygen atoms in total. The molecular weight excluding hydrogens is 268 g/mol. The van der Waals surface area contributed by atoms with Crippen LogP contribution in [0.4, 0.5) is 5.69 Å². The van der Waals surface area contributed by atoms with E-state index in [2.05, 4.69) is 5.32 Å². The number of nitrogens with one attached hydrogen (secondary N) is 1. The van der Waals surface area contributed by atoms with Gasteiger partial charge in [-0.2, -0.15) is 0 Å². The minimum absolute atomic E-state index is 0.264. The number of anilines is 1. The Labute approximate surface area is 118 Å². The van der Waals surface area contributed by atoms with Crippen molar-refractivity contribution in [3.8, 4) is 0 Å². The van der Waals surface area contributed by atoms with Gasteiger partial charge in [0.25, 0.3) is 5.91 Å². The lowest BCUT2D eigenvalue weighted by atomic mass is 10.1.